The van der Waals surface area contributed by atoms with Crippen molar-refractivity contribution in [1.82, 2.24) is 14.5 Å². The van der Waals surface area contributed by atoms with E-state index in [1.54, 1.807) is 0 Å². The SMILES string of the molecule is O=c1cc(C(F)F)ncn1CC1CCN(CC2CCCCC2)CC1. The van der Waals surface area contributed by atoms with E-state index in [0.717, 1.165) is 37.9 Å². The van der Waals surface area contributed by atoms with Crippen LogP contribution in [0, 0.1) is 11.8 Å². The molecule has 1 aliphatic carbocycles. The average molecular weight is 339 g/mol. The second-order valence-electron chi connectivity index (χ2n) is 7.35. The molecule has 0 bridgehead atoms. The molecule has 0 N–H and O–H groups in total. The Bertz CT molecular complexity index is 576. The largest absolute Gasteiger partial charge is 0.303 e. The smallest absolute Gasteiger partial charge is 0.280 e. The summed E-state index contributed by atoms with van der Waals surface area (Å²) in [4.78, 5) is 18.2. The van der Waals surface area contributed by atoms with Gasteiger partial charge < -0.3 is 4.90 Å². The first-order valence-electron chi connectivity index (χ1n) is 9.18. The molecule has 1 saturated carbocycles. The predicted octanol–water partition coefficient (Wildman–Crippen LogP) is 3.47. The van der Waals surface area contributed by atoms with Crippen molar-refractivity contribution < 1.29 is 8.78 Å². The maximum Gasteiger partial charge on any atom is 0.280 e. The summed E-state index contributed by atoms with van der Waals surface area (Å²) in [7, 11) is 0. The van der Waals surface area contributed by atoms with Gasteiger partial charge in [-0.25, -0.2) is 13.8 Å². The minimum Gasteiger partial charge on any atom is -0.303 e. The van der Waals surface area contributed by atoms with Crippen LogP contribution in [0.3, 0.4) is 0 Å². The minimum absolute atomic E-state index is 0.370. The van der Waals surface area contributed by atoms with Gasteiger partial charge >= 0.3 is 0 Å². The highest BCUT2D eigenvalue weighted by Gasteiger charge is 2.23. The molecule has 4 nitrogen and oxygen atoms in total. The molecule has 2 fully saturated rings. The third-order valence-corrected chi connectivity index (χ3v) is 5.53. The maximum atomic E-state index is 12.6. The molecule has 3 rings (SSSR count). The van der Waals surface area contributed by atoms with Gasteiger partial charge in [0.2, 0.25) is 0 Å². The summed E-state index contributed by atoms with van der Waals surface area (Å²) < 4.78 is 26.6. The van der Waals surface area contributed by atoms with Crippen molar-refractivity contribution in [3.8, 4) is 0 Å². The van der Waals surface area contributed by atoms with Gasteiger partial charge in [0.15, 0.2) is 0 Å². The van der Waals surface area contributed by atoms with Gasteiger partial charge in [-0.15, -0.1) is 0 Å². The molecule has 1 aliphatic heterocycles. The fraction of sp³-hybridized carbons (Fsp3) is 0.778. The molecule has 0 amide bonds. The highest BCUT2D eigenvalue weighted by molar-refractivity contribution is 5.00. The summed E-state index contributed by atoms with van der Waals surface area (Å²) in [5.41, 5.74) is -0.802. The van der Waals surface area contributed by atoms with Crippen molar-refractivity contribution >= 4 is 0 Å². The molecule has 1 saturated heterocycles. The maximum absolute atomic E-state index is 12.6. The lowest BCUT2D eigenvalue weighted by atomic mass is 9.88. The van der Waals surface area contributed by atoms with Crippen LogP contribution < -0.4 is 5.56 Å². The quantitative estimate of drug-likeness (QED) is 0.824. The van der Waals surface area contributed by atoms with Crippen LogP contribution >= 0.6 is 0 Å². The first kappa shape index (κ1) is 17.5. The molecule has 2 heterocycles. The topological polar surface area (TPSA) is 38.1 Å². The van der Waals surface area contributed by atoms with E-state index in [-0.39, 0.29) is 5.56 Å². The van der Waals surface area contributed by atoms with Crippen molar-refractivity contribution in [2.75, 3.05) is 19.6 Å². The molecule has 6 heteroatoms. The number of halogens is 2. The molecule has 0 atom stereocenters. The van der Waals surface area contributed by atoms with E-state index in [9.17, 15) is 13.6 Å². The van der Waals surface area contributed by atoms with Crippen molar-refractivity contribution in [2.45, 2.75) is 57.9 Å². The van der Waals surface area contributed by atoms with Crippen molar-refractivity contribution in [3.63, 3.8) is 0 Å². The third kappa shape index (κ3) is 4.62. The van der Waals surface area contributed by atoms with Crippen LogP contribution in [-0.2, 0) is 6.54 Å². The lowest BCUT2D eigenvalue weighted by Crippen LogP contribution is -2.39. The Balaban J connectivity index is 1.47. The van der Waals surface area contributed by atoms with Crippen molar-refractivity contribution in [2.24, 2.45) is 11.8 Å². The van der Waals surface area contributed by atoms with E-state index in [1.807, 2.05) is 0 Å². The second kappa shape index (κ2) is 8.19. The molecular formula is C18H27F2N3O. The first-order valence-corrected chi connectivity index (χ1v) is 9.18. The number of rotatable bonds is 5. The molecule has 1 aromatic rings. The standard InChI is InChI=1S/C18H27F2N3O/c19-18(20)16-10-17(24)23(13-21-16)12-15-6-8-22(9-7-15)11-14-4-2-1-3-5-14/h10,13-15,18H,1-9,11-12H2. The lowest BCUT2D eigenvalue weighted by molar-refractivity contribution is 0.137. The molecule has 0 aromatic carbocycles. The molecule has 0 spiro atoms. The number of piperidine rings is 1. The Labute approximate surface area is 141 Å². The third-order valence-electron chi connectivity index (χ3n) is 5.53. The Kier molecular flexibility index (Phi) is 5.98. The average Bonchev–Trinajstić information content (AvgIpc) is 2.59. The lowest BCUT2D eigenvalue weighted by Gasteiger charge is -2.35. The van der Waals surface area contributed by atoms with Gasteiger partial charge in [0, 0.05) is 19.2 Å². The number of hydrogen-bond donors (Lipinski definition) is 0. The van der Waals surface area contributed by atoms with Gasteiger partial charge in [-0.2, -0.15) is 0 Å². The van der Waals surface area contributed by atoms with Crippen LogP contribution in [0.15, 0.2) is 17.2 Å². The number of aromatic nitrogens is 2. The normalized spacial score (nSPS) is 21.5. The molecule has 134 valence electrons. The number of alkyl halides is 2. The molecule has 24 heavy (non-hydrogen) atoms. The highest BCUT2D eigenvalue weighted by Crippen LogP contribution is 2.26. The van der Waals surface area contributed by atoms with Crippen LogP contribution in [0.2, 0.25) is 0 Å². The zero-order valence-corrected chi connectivity index (χ0v) is 14.2. The van der Waals surface area contributed by atoms with E-state index in [1.165, 1.54) is 49.5 Å². The number of likely N-dealkylation sites (tertiary alicyclic amines) is 1. The Morgan fingerprint density at radius 3 is 2.33 bits per heavy atom. The van der Waals surface area contributed by atoms with E-state index in [0.29, 0.717) is 12.5 Å². The van der Waals surface area contributed by atoms with Crippen molar-refractivity contribution in [3.05, 3.63) is 28.4 Å². The molecule has 0 unspecified atom stereocenters. The van der Waals surface area contributed by atoms with Crippen LogP contribution in [0.1, 0.15) is 57.1 Å². The summed E-state index contributed by atoms with van der Waals surface area (Å²) >= 11 is 0. The molecule has 0 radical (unpaired) electrons. The van der Waals surface area contributed by atoms with E-state index < -0.39 is 12.1 Å². The minimum atomic E-state index is -2.68. The van der Waals surface area contributed by atoms with Crippen LogP contribution in [0.25, 0.3) is 0 Å². The van der Waals surface area contributed by atoms with Gasteiger partial charge in [-0.3, -0.25) is 9.36 Å². The number of nitrogens with zero attached hydrogens (tertiary/aromatic N) is 3. The zero-order chi connectivity index (χ0) is 16.9. The van der Waals surface area contributed by atoms with Crippen LogP contribution in [0.5, 0.6) is 0 Å². The van der Waals surface area contributed by atoms with Crippen LogP contribution in [0.4, 0.5) is 8.78 Å². The van der Waals surface area contributed by atoms with Gasteiger partial charge in [-0.1, -0.05) is 19.3 Å². The molecule has 1 aromatic heterocycles. The molecular weight excluding hydrogens is 312 g/mol. The summed E-state index contributed by atoms with van der Waals surface area (Å²) in [6.45, 7) is 3.97. The van der Waals surface area contributed by atoms with E-state index in [4.69, 9.17) is 0 Å². The number of hydrogen-bond acceptors (Lipinski definition) is 3. The van der Waals surface area contributed by atoms with E-state index in [2.05, 4.69) is 9.88 Å². The van der Waals surface area contributed by atoms with Gasteiger partial charge in [0.1, 0.15) is 5.69 Å². The summed E-state index contributed by atoms with van der Waals surface area (Å²) in [5.74, 6) is 1.30. The van der Waals surface area contributed by atoms with Gasteiger partial charge in [0.05, 0.1) is 6.33 Å². The second-order valence-corrected chi connectivity index (χ2v) is 7.35. The fourth-order valence-corrected chi connectivity index (χ4v) is 4.06. The molecule has 2 aliphatic rings. The first-order chi connectivity index (χ1) is 11.6. The van der Waals surface area contributed by atoms with E-state index >= 15 is 0 Å². The Morgan fingerprint density at radius 1 is 1.04 bits per heavy atom. The van der Waals surface area contributed by atoms with Crippen LogP contribution in [-0.4, -0.2) is 34.1 Å². The fourth-order valence-electron chi connectivity index (χ4n) is 4.06. The highest BCUT2D eigenvalue weighted by atomic mass is 19.3. The predicted molar refractivity (Wildman–Crippen MR) is 89.2 cm³/mol. The monoisotopic (exact) mass is 339 g/mol. The Hall–Kier alpha value is -1.30. The zero-order valence-electron chi connectivity index (χ0n) is 14.2. The summed E-state index contributed by atoms with van der Waals surface area (Å²) in [6.07, 6.45) is 7.62. The van der Waals surface area contributed by atoms with Crippen molar-refractivity contribution in [1.29, 1.82) is 0 Å². The Morgan fingerprint density at radius 2 is 1.71 bits per heavy atom. The summed E-state index contributed by atoms with van der Waals surface area (Å²) in [6, 6.07) is 0.961. The van der Waals surface area contributed by atoms with Gasteiger partial charge in [0.25, 0.3) is 12.0 Å². The van der Waals surface area contributed by atoms with Gasteiger partial charge in [-0.05, 0) is 50.6 Å². The summed E-state index contributed by atoms with van der Waals surface area (Å²) in [5, 5.41) is 0.